The lowest BCUT2D eigenvalue weighted by Gasteiger charge is -2.03. The Labute approximate surface area is 181 Å². The van der Waals surface area contributed by atoms with E-state index in [1.54, 1.807) is 0 Å². The van der Waals surface area contributed by atoms with E-state index in [0.29, 0.717) is 11.4 Å². The Morgan fingerprint density at radius 3 is 0.935 bits per heavy atom. The van der Waals surface area contributed by atoms with Crippen LogP contribution >= 0.6 is 0 Å². The molecule has 0 bridgehead atoms. The van der Waals surface area contributed by atoms with Gasteiger partial charge in [0.25, 0.3) is 0 Å². The molecule has 0 fully saturated rings. The topological polar surface area (TPSA) is 101 Å². The molecule has 0 unspecified atom stereocenters. The standard InChI is InChI=1S/C25H22N6/c26-20-5-13-24(14-6-20)30-28-22-9-1-18(2-10-22)17-19-3-11-23(12-4-19)29-31-25-15-7-21(27)8-16-25/h1-16H,17,26-27H2/b30-28+,31-29+. The van der Waals surface area contributed by atoms with Crippen molar-refractivity contribution in [3.05, 3.63) is 108 Å². The summed E-state index contributed by atoms with van der Waals surface area (Å²) in [5.74, 6) is 0. The third-order valence-corrected chi connectivity index (χ3v) is 4.63. The van der Waals surface area contributed by atoms with E-state index in [4.69, 9.17) is 11.5 Å². The lowest BCUT2D eigenvalue weighted by Crippen LogP contribution is -1.86. The molecule has 31 heavy (non-hydrogen) atoms. The number of hydrogen-bond acceptors (Lipinski definition) is 6. The van der Waals surface area contributed by atoms with Crippen LogP contribution in [0.2, 0.25) is 0 Å². The summed E-state index contributed by atoms with van der Waals surface area (Å²) in [5, 5.41) is 17.0. The molecule has 4 rings (SSSR count). The number of benzene rings is 4. The van der Waals surface area contributed by atoms with Gasteiger partial charge in [-0.3, -0.25) is 0 Å². The highest BCUT2D eigenvalue weighted by molar-refractivity contribution is 5.49. The van der Waals surface area contributed by atoms with Gasteiger partial charge < -0.3 is 11.5 Å². The van der Waals surface area contributed by atoms with Gasteiger partial charge in [-0.05, 0) is 90.3 Å². The fourth-order valence-corrected chi connectivity index (χ4v) is 2.91. The summed E-state index contributed by atoms with van der Waals surface area (Å²) in [6.07, 6.45) is 0.824. The fraction of sp³-hybridized carbons (Fsp3) is 0.0400. The molecule has 0 radical (unpaired) electrons. The summed E-state index contributed by atoms with van der Waals surface area (Å²) < 4.78 is 0. The molecule has 0 saturated carbocycles. The quantitative estimate of drug-likeness (QED) is 0.260. The molecule has 4 aromatic rings. The molecule has 4 N–H and O–H groups in total. The van der Waals surface area contributed by atoms with E-state index in [1.807, 2.05) is 72.8 Å². The van der Waals surface area contributed by atoms with E-state index in [2.05, 4.69) is 44.7 Å². The smallest absolute Gasteiger partial charge is 0.0858 e. The van der Waals surface area contributed by atoms with Gasteiger partial charge in [0.2, 0.25) is 0 Å². The molecule has 0 amide bonds. The summed E-state index contributed by atoms with van der Waals surface area (Å²) in [7, 11) is 0. The maximum absolute atomic E-state index is 5.68. The van der Waals surface area contributed by atoms with E-state index in [9.17, 15) is 0 Å². The Balaban J connectivity index is 1.35. The zero-order valence-corrected chi connectivity index (χ0v) is 16.9. The highest BCUT2D eigenvalue weighted by Gasteiger charge is 1.99. The van der Waals surface area contributed by atoms with Crippen LogP contribution in [0.15, 0.2) is 118 Å². The highest BCUT2D eigenvalue weighted by atomic mass is 15.1. The van der Waals surface area contributed by atoms with Crippen molar-refractivity contribution in [3.63, 3.8) is 0 Å². The third kappa shape index (κ3) is 5.83. The van der Waals surface area contributed by atoms with Gasteiger partial charge in [-0.25, -0.2) is 0 Å². The maximum Gasteiger partial charge on any atom is 0.0858 e. The molecule has 6 heteroatoms. The molecule has 0 spiro atoms. The number of nitrogens with two attached hydrogens (primary N) is 2. The summed E-state index contributed by atoms with van der Waals surface area (Å²) in [5.41, 5.74) is 18.3. The summed E-state index contributed by atoms with van der Waals surface area (Å²) >= 11 is 0. The van der Waals surface area contributed by atoms with Crippen LogP contribution in [0.3, 0.4) is 0 Å². The lowest BCUT2D eigenvalue weighted by molar-refractivity contribution is 1.17. The first-order valence-electron chi connectivity index (χ1n) is 9.86. The summed E-state index contributed by atoms with van der Waals surface area (Å²) in [6, 6.07) is 30.7. The first-order chi connectivity index (χ1) is 15.1. The first kappa shape index (κ1) is 20.0. The van der Waals surface area contributed by atoms with Crippen LogP contribution in [0.25, 0.3) is 0 Å². The molecular formula is C25H22N6. The number of nitrogen functional groups attached to an aromatic ring is 2. The Bertz CT molecular complexity index is 1080. The second-order valence-electron chi connectivity index (χ2n) is 7.09. The van der Waals surface area contributed by atoms with Crippen molar-refractivity contribution in [3.8, 4) is 0 Å². The minimum atomic E-state index is 0.709. The van der Waals surface area contributed by atoms with Gasteiger partial charge in [-0.15, -0.1) is 0 Å². The summed E-state index contributed by atoms with van der Waals surface area (Å²) in [6.45, 7) is 0. The van der Waals surface area contributed by atoms with Gasteiger partial charge in [-0.1, -0.05) is 24.3 Å². The van der Waals surface area contributed by atoms with E-state index >= 15 is 0 Å². The number of nitrogens with zero attached hydrogens (tertiary/aromatic N) is 4. The average Bonchev–Trinajstić information content (AvgIpc) is 2.80. The predicted molar refractivity (Wildman–Crippen MR) is 126 cm³/mol. The zero-order valence-electron chi connectivity index (χ0n) is 16.9. The number of anilines is 2. The van der Waals surface area contributed by atoms with Crippen LogP contribution in [-0.2, 0) is 6.42 Å². The number of hydrogen-bond donors (Lipinski definition) is 2. The number of rotatable bonds is 6. The Kier molecular flexibility index (Phi) is 6.09. The summed E-state index contributed by atoms with van der Waals surface area (Å²) in [4.78, 5) is 0. The second kappa shape index (κ2) is 9.45. The Morgan fingerprint density at radius 1 is 0.387 bits per heavy atom. The molecule has 0 aromatic heterocycles. The largest absolute Gasteiger partial charge is 0.399 e. The van der Waals surface area contributed by atoms with Gasteiger partial charge in [0, 0.05) is 11.4 Å². The van der Waals surface area contributed by atoms with Crippen LogP contribution in [0.4, 0.5) is 34.1 Å². The van der Waals surface area contributed by atoms with Crippen molar-refractivity contribution < 1.29 is 0 Å². The van der Waals surface area contributed by atoms with Crippen molar-refractivity contribution in [1.82, 2.24) is 0 Å². The van der Waals surface area contributed by atoms with E-state index in [-0.39, 0.29) is 0 Å². The second-order valence-corrected chi connectivity index (χ2v) is 7.09. The Hall–Kier alpha value is -4.32. The van der Waals surface area contributed by atoms with Gasteiger partial charge in [0.15, 0.2) is 0 Å². The van der Waals surface area contributed by atoms with Crippen molar-refractivity contribution in [1.29, 1.82) is 0 Å². The van der Waals surface area contributed by atoms with Crippen molar-refractivity contribution in [2.75, 3.05) is 11.5 Å². The first-order valence-corrected chi connectivity index (χ1v) is 9.86. The van der Waals surface area contributed by atoms with Crippen LogP contribution in [-0.4, -0.2) is 0 Å². The van der Waals surface area contributed by atoms with Crippen LogP contribution in [0.5, 0.6) is 0 Å². The van der Waals surface area contributed by atoms with E-state index in [0.717, 1.165) is 29.2 Å². The molecular weight excluding hydrogens is 384 g/mol. The molecule has 0 heterocycles. The fourth-order valence-electron chi connectivity index (χ4n) is 2.91. The minimum absolute atomic E-state index is 0.709. The Morgan fingerprint density at radius 2 is 0.645 bits per heavy atom. The molecule has 152 valence electrons. The van der Waals surface area contributed by atoms with Gasteiger partial charge in [-0.2, -0.15) is 20.5 Å². The molecule has 0 saturated heterocycles. The van der Waals surface area contributed by atoms with E-state index < -0.39 is 0 Å². The van der Waals surface area contributed by atoms with Crippen LogP contribution < -0.4 is 11.5 Å². The monoisotopic (exact) mass is 406 g/mol. The zero-order chi connectivity index (χ0) is 21.5. The van der Waals surface area contributed by atoms with Crippen molar-refractivity contribution in [2.45, 2.75) is 6.42 Å². The van der Waals surface area contributed by atoms with Gasteiger partial charge in [0.1, 0.15) is 0 Å². The normalized spacial score (nSPS) is 11.4. The molecule has 6 nitrogen and oxygen atoms in total. The number of azo groups is 2. The predicted octanol–water partition coefficient (Wildman–Crippen LogP) is 7.27. The van der Waals surface area contributed by atoms with Crippen molar-refractivity contribution >= 4 is 34.1 Å². The van der Waals surface area contributed by atoms with Crippen molar-refractivity contribution in [2.24, 2.45) is 20.5 Å². The maximum atomic E-state index is 5.68. The SMILES string of the molecule is Nc1ccc(/N=N/c2ccc(Cc3ccc(/N=N/c4ccc(N)cc4)cc3)cc2)cc1. The van der Waals surface area contributed by atoms with Gasteiger partial charge >= 0.3 is 0 Å². The average molecular weight is 406 g/mol. The minimum Gasteiger partial charge on any atom is -0.399 e. The molecule has 0 aliphatic carbocycles. The van der Waals surface area contributed by atoms with Crippen LogP contribution in [0.1, 0.15) is 11.1 Å². The lowest BCUT2D eigenvalue weighted by atomic mass is 10.0. The molecule has 0 atom stereocenters. The molecule has 0 aliphatic heterocycles. The third-order valence-electron chi connectivity index (χ3n) is 4.63. The molecule has 4 aromatic carbocycles. The van der Waals surface area contributed by atoms with Gasteiger partial charge in [0.05, 0.1) is 22.7 Å². The van der Waals surface area contributed by atoms with Crippen LogP contribution in [0, 0.1) is 0 Å². The molecule has 0 aliphatic rings. The highest BCUT2D eigenvalue weighted by Crippen LogP contribution is 2.23. The van der Waals surface area contributed by atoms with E-state index in [1.165, 1.54) is 11.1 Å².